The van der Waals surface area contributed by atoms with Crippen LogP contribution in [-0.4, -0.2) is 29.5 Å². The van der Waals surface area contributed by atoms with Gasteiger partial charge in [0.1, 0.15) is 11.9 Å². The number of urea groups is 1. The van der Waals surface area contributed by atoms with Gasteiger partial charge in [0.05, 0.1) is 11.6 Å². The Morgan fingerprint density at radius 3 is 2.58 bits per heavy atom. The van der Waals surface area contributed by atoms with Crippen LogP contribution in [0, 0.1) is 12.7 Å². The van der Waals surface area contributed by atoms with E-state index in [1.165, 1.54) is 12.1 Å². The molecule has 1 saturated heterocycles. The number of hydrogen-bond acceptors (Lipinski definition) is 3. The van der Waals surface area contributed by atoms with E-state index >= 15 is 0 Å². The van der Waals surface area contributed by atoms with E-state index in [1.54, 1.807) is 42.2 Å². The first-order valence-electron chi connectivity index (χ1n) is 8.54. The molecule has 2 aromatic rings. The summed E-state index contributed by atoms with van der Waals surface area (Å²) in [5.41, 5.74) is 7.55. The maximum atomic E-state index is 13.4. The molecule has 26 heavy (non-hydrogen) atoms. The first kappa shape index (κ1) is 17.9. The van der Waals surface area contributed by atoms with Gasteiger partial charge < -0.3 is 15.4 Å². The highest BCUT2D eigenvalue weighted by Crippen LogP contribution is 2.34. The lowest BCUT2D eigenvalue weighted by Gasteiger charge is -2.39. The van der Waals surface area contributed by atoms with Crippen LogP contribution in [0.2, 0.25) is 0 Å². The molecule has 0 saturated carbocycles. The van der Waals surface area contributed by atoms with Gasteiger partial charge in [0, 0.05) is 19.4 Å². The highest BCUT2D eigenvalue weighted by Gasteiger charge is 2.34. The highest BCUT2D eigenvalue weighted by atomic mass is 19.1. The number of primary amides is 1. The molecule has 0 spiro atoms. The number of benzene rings is 2. The van der Waals surface area contributed by atoms with Crippen molar-refractivity contribution in [1.29, 1.82) is 0 Å². The van der Waals surface area contributed by atoms with Crippen molar-refractivity contribution in [1.82, 2.24) is 4.90 Å². The van der Waals surface area contributed by atoms with Crippen LogP contribution in [0.3, 0.4) is 0 Å². The molecule has 1 aliphatic rings. The first-order valence-corrected chi connectivity index (χ1v) is 8.54. The molecule has 0 aromatic heterocycles. The molecule has 0 aliphatic carbocycles. The summed E-state index contributed by atoms with van der Waals surface area (Å²) in [4.78, 5) is 25.7. The van der Waals surface area contributed by atoms with Crippen molar-refractivity contribution in [2.45, 2.75) is 31.9 Å². The molecule has 1 aliphatic heterocycles. The van der Waals surface area contributed by atoms with E-state index in [2.05, 4.69) is 0 Å². The fraction of sp³-hybridized carbons (Fsp3) is 0.300. The third kappa shape index (κ3) is 3.85. The summed E-state index contributed by atoms with van der Waals surface area (Å²) in [6.07, 6.45) is 0.597. The number of halogens is 1. The van der Waals surface area contributed by atoms with Crippen LogP contribution in [0.25, 0.3) is 0 Å². The summed E-state index contributed by atoms with van der Waals surface area (Å²) < 4.78 is 19.1. The zero-order valence-electron chi connectivity index (χ0n) is 14.5. The number of likely N-dealkylation sites (tertiary alicyclic amines) is 1. The van der Waals surface area contributed by atoms with Crippen molar-refractivity contribution in [2.24, 2.45) is 5.73 Å². The van der Waals surface area contributed by atoms with Gasteiger partial charge in [-0.2, -0.15) is 0 Å². The molecule has 6 heteroatoms. The minimum Gasteiger partial charge on any atom is -0.459 e. The van der Waals surface area contributed by atoms with Gasteiger partial charge in [-0.25, -0.2) is 14.0 Å². The van der Waals surface area contributed by atoms with Gasteiger partial charge in [0.2, 0.25) is 0 Å². The molecule has 2 aromatic carbocycles. The van der Waals surface area contributed by atoms with Gasteiger partial charge in [-0.05, 0) is 42.3 Å². The van der Waals surface area contributed by atoms with E-state index in [0.717, 1.165) is 11.1 Å². The Hall–Kier alpha value is -2.89. The van der Waals surface area contributed by atoms with Crippen LogP contribution in [0.4, 0.5) is 9.18 Å². The van der Waals surface area contributed by atoms with E-state index < -0.39 is 12.0 Å². The molecule has 5 nitrogen and oxygen atoms in total. The quantitative estimate of drug-likeness (QED) is 0.855. The normalized spacial score (nSPS) is 19.8. The van der Waals surface area contributed by atoms with Gasteiger partial charge in [-0.1, -0.05) is 24.3 Å². The van der Waals surface area contributed by atoms with Crippen molar-refractivity contribution >= 4 is 12.0 Å². The zero-order valence-corrected chi connectivity index (χ0v) is 14.5. The molecular weight excluding hydrogens is 335 g/mol. The summed E-state index contributed by atoms with van der Waals surface area (Å²) >= 11 is 0. The number of carbonyl (C=O) groups is 2. The van der Waals surface area contributed by atoms with E-state index in [4.69, 9.17) is 10.5 Å². The van der Waals surface area contributed by atoms with Crippen molar-refractivity contribution in [3.05, 3.63) is 71.0 Å². The van der Waals surface area contributed by atoms with Gasteiger partial charge >= 0.3 is 12.0 Å². The van der Waals surface area contributed by atoms with Crippen molar-refractivity contribution in [3.63, 3.8) is 0 Å². The lowest BCUT2D eigenvalue weighted by molar-refractivity contribution is 0.00474. The van der Waals surface area contributed by atoms with E-state index in [9.17, 15) is 14.0 Å². The van der Waals surface area contributed by atoms with Gasteiger partial charge in [-0.3, -0.25) is 0 Å². The average Bonchev–Trinajstić information content (AvgIpc) is 2.62. The Morgan fingerprint density at radius 2 is 1.92 bits per heavy atom. The Labute approximate surface area is 151 Å². The molecule has 0 bridgehead atoms. The molecule has 2 N–H and O–H groups in total. The summed E-state index contributed by atoms with van der Waals surface area (Å²) in [5.74, 6) is -0.725. The van der Waals surface area contributed by atoms with Crippen molar-refractivity contribution in [2.75, 3.05) is 6.54 Å². The smallest absolute Gasteiger partial charge is 0.338 e. The fourth-order valence-corrected chi connectivity index (χ4v) is 3.41. The number of nitrogens with two attached hydrogens (primary N) is 1. The van der Waals surface area contributed by atoms with Gasteiger partial charge in [-0.15, -0.1) is 0 Å². The third-order valence-electron chi connectivity index (χ3n) is 4.71. The number of hydrogen-bond donors (Lipinski definition) is 1. The third-order valence-corrected chi connectivity index (χ3v) is 4.71. The van der Waals surface area contributed by atoms with E-state index in [-0.39, 0.29) is 18.0 Å². The second kappa shape index (κ2) is 7.56. The minimum absolute atomic E-state index is 0.334. The molecule has 0 radical (unpaired) electrons. The van der Waals surface area contributed by atoms with Crippen LogP contribution in [0.1, 0.15) is 40.4 Å². The second-order valence-electron chi connectivity index (χ2n) is 6.47. The van der Waals surface area contributed by atoms with Crippen LogP contribution in [-0.2, 0) is 4.74 Å². The van der Waals surface area contributed by atoms with Crippen molar-refractivity contribution < 1.29 is 18.7 Å². The molecule has 1 fully saturated rings. The Balaban J connectivity index is 1.79. The predicted molar refractivity (Wildman–Crippen MR) is 95.0 cm³/mol. The maximum absolute atomic E-state index is 13.4. The number of nitrogens with zero attached hydrogens (tertiary/aromatic N) is 1. The van der Waals surface area contributed by atoms with Crippen LogP contribution in [0.15, 0.2) is 48.5 Å². The summed E-state index contributed by atoms with van der Waals surface area (Å²) in [7, 11) is 0. The predicted octanol–water partition coefficient (Wildman–Crippen LogP) is 3.58. The summed E-state index contributed by atoms with van der Waals surface area (Å²) in [6, 6.07) is 12.3. The lowest BCUT2D eigenvalue weighted by Crippen LogP contribution is -2.46. The number of aryl methyl sites for hydroxylation is 1. The molecule has 3 rings (SSSR count). The average molecular weight is 356 g/mol. The Morgan fingerprint density at radius 1 is 1.19 bits per heavy atom. The first-order chi connectivity index (χ1) is 12.5. The summed E-state index contributed by atoms with van der Waals surface area (Å²) in [5, 5.41) is 0. The molecule has 2 unspecified atom stereocenters. The van der Waals surface area contributed by atoms with Crippen LogP contribution < -0.4 is 5.73 Å². The molecular formula is C20H21FN2O3. The Bertz CT molecular complexity index is 810. The van der Waals surface area contributed by atoms with Crippen LogP contribution in [0.5, 0.6) is 0 Å². The topological polar surface area (TPSA) is 72.6 Å². The van der Waals surface area contributed by atoms with Crippen molar-refractivity contribution in [3.8, 4) is 0 Å². The highest BCUT2D eigenvalue weighted by molar-refractivity contribution is 5.89. The number of piperidine rings is 1. The molecule has 2 atom stereocenters. The zero-order chi connectivity index (χ0) is 18.7. The number of esters is 1. The van der Waals surface area contributed by atoms with Gasteiger partial charge in [0.25, 0.3) is 0 Å². The SMILES string of the molecule is Cc1cc(F)ccc1C1CC(OC(=O)c2ccccc2)CCN1C(N)=O. The standard InChI is InChI=1S/C20H21FN2O3/c1-13-11-15(21)7-8-17(13)18-12-16(9-10-23(18)20(22)25)26-19(24)14-5-3-2-4-6-14/h2-8,11,16,18H,9-10,12H2,1H3,(H2,22,25). The monoisotopic (exact) mass is 356 g/mol. The molecule has 136 valence electrons. The molecule has 2 amide bonds. The molecule has 1 heterocycles. The van der Waals surface area contributed by atoms with E-state index in [0.29, 0.717) is 24.9 Å². The number of amides is 2. The van der Waals surface area contributed by atoms with Crippen LogP contribution >= 0.6 is 0 Å². The largest absolute Gasteiger partial charge is 0.459 e. The second-order valence-corrected chi connectivity index (χ2v) is 6.47. The van der Waals surface area contributed by atoms with Gasteiger partial charge in [0.15, 0.2) is 0 Å². The maximum Gasteiger partial charge on any atom is 0.338 e. The number of ether oxygens (including phenoxy) is 1. The Kier molecular flexibility index (Phi) is 5.21. The fourth-order valence-electron chi connectivity index (χ4n) is 3.41. The summed E-state index contributed by atoms with van der Waals surface area (Å²) in [6.45, 7) is 2.17. The minimum atomic E-state index is -0.536. The number of carbonyl (C=O) groups excluding carboxylic acids is 2. The number of rotatable bonds is 3. The van der Waals surface area contributed by atoms with E-state index in [1.807, 2.05) is 6.07 Å². The lowest BCUT2D eigenvalue weighted by atomic mass is 9.91.